The van der Waals surface area contributed by atoms with E-state index in [1.807, 2.05) is 4.90 Å². The van der Waals surface area contributed by atoms with Gasteiger partial charge >= 0.3 is 0 Å². The number of carbonyl (C=O) groups excluding carboxylic acids is 1. The van der Waals surface area contributed by atoms with E-state index in [0.29, 0.717) is 13.1 Å². The number of carbonyl (C=O) groups is 1. The molecule has 1 aliphatic heterocycles. The van der Waals surface area contributed by atoms with Crippen LogP contribution in [0.5, 0.6) is 0 Å². The first-order valence-corrected chi connectivity index (χ1v) is 6.98. The zero-order valence-corrected chi connectivity index (χ0v) is 11.2. The number of likely N-dealkylation sites (tertiary alicyclic amines) is 1. The number of piperidine rings is 1. The van der Waals surface area contributed by atoms with Gasteiger partial charge in [-0.05, 0) is 32.2 Å². The zero-order chi connectivity index (χ0) is 12.5. The van der Waals surface area contributed by atoms with Gasteiger partial charge in [0.25, 0.3) is 0 Å². The van der Waals surface area contributed by atoms with Crippen LogP contribution in [0.2, 0.25) is 0 Å². The van der Waals surface area contributed by atoms with E-state index in [0.717, 1.165) is 45.4 Å². The normalized spacial score (nSPS) is 16.5. The summed E-state index contributed by atoms with van der Waals surface area (Å²) in [6.45, 7) is 7.08. The molecule has 1 amide bonds. The Bertz CT molecular complexity index is 215. The van der Waals surface area contributed by atoms with E-state index in [9.17, 15) is 4.79 Å². The SMILES string of the molecule is CCCCN(CCN)CC(=O)N1CCCCC1. The molecule has 1 aliphatic rings. The molecule has 0 spiro atoms. The molecule has 0 unspecified atom stereocenters. The van der Waals surface area contributed by atoms with Gasteiger partial charge in [-0.2, -0.15) is 0 Å². The maximum Gasteiger partial charge on any atom is 0.236 e. The van der Waals surface area contributed by atoms with Crippen molar-refractivity contribution in [1.29, 1.82) is 0 Å². The molecule has 2 N–H and O–H groups in total. The van der Waals surface area contributed by atoms with Crippen molar-refractivity contribution in [2.75, 3.05) is 39.3 Å². The minimum absolute atomic E-state index is 0.286. The van der Waals surface area contributed by atoms with Crippen LogP contribution < -0.4 is 5.73 Å². The lowest BCUT2D eigenvalue weighted by molar-refractivity contribution is -0.133. The third-order valence-electron chi connectivity index (χ3n) is 3.34. The van der Waals surface area contributed by atoms with Crippen molar-refractivity contribution in [1.82, 2.24) is 9.80 Å². The Labute approximate surface area is 105 Å². The lowest BCUT2D eigenvalue weighted by Gasteiger charge is -2.29. The first-order valence-electron chi connectivity index (χ1n) is 6.98. The van der Waals surface area contributed by atoms with Gasteiger partial charge in [0.1, 0.15) is 0 Å². The predicted octanol–water partition coefficient (Wildman–Crippen LogP) is 1.06. The summed E-state index contributed by atoms with van der Waals surface area (Å²) >= 11 is 0. The Balaban J connectivity index is 2.33. The Morgan fingerprint density at radius 3 is 2.53 bits per heavy atom. The molecule has 100 valence electrons. The van der Waals surface area contributed by atoms with Crippen LogP contribution in [0.25, 0.3) is 0 Å². The Morgan fingerprint density at radius 1 is 1.24 bits per heavy atom. The lowest BCUT2D eigenvalue weighted by atomic mass is 10.1. The second kappa shape index (κ2) is 8.48. The third-order valence-corrected chi connectivity index (χ3v) is 3.34. The van der Waals surface area contributed by atoms with Crippen molar-refractivity contribution < 1.29 is 4.79 Å². The van der Waals surface area contributed by atoms with Crippen molar-refractivity contribution in [2.24, 2.45) is 5.73 Å². The molecule has 1 heterocycles. The molecule has 4 heteroatoms. The minimum atomic E-state index is 0.286. The fraction of sp³-hybridized carbons (Fsp3) is 0.923. The van der Waals surface area contributed by atoms with Crippen molar-refractivity contribution in [3.8, 4) is 0 Å². The standard InChI is InChI=1S/C13H27N3O/c1-2-3-8-15(11-7-14)12-13(17)16-9-5-4-6-10-16/h2-12,14H2,1H3. The van der Waals surface area contributed by atoms with E-state index in [-0.39, 0.29) is 5.91 Å². The van der Waals surface area contributed by atoms with Gasteiger partial charge in [0.15, 0.2) is 0 Å². The molecule has 0 radical (unpaired) electrons. The molecule has 17 heavy (non-hydrogen) atoms. The van der Waals surface area contributed by atoms with Gasteiger partial charge in [-0.3, -0.25) is 9.69 Å². The van der Waals surface area contributed by atoms with Crippen LogP contribution in [-0.2, 0) is 4.79 Å². The highest BCUT2D eigenvalue weighted by atomic mass is 16.2. The summed E-state index contributed by atoms with van der Waals surface area (Å²) in [7, 11) is 0. The van der Waals surface area contributed by atoms with Crippen LogP contribution in [0.1, 0.15) is 39.0 Å². The summed E-state index contributed by atoms with van der Waals surface area (Å²) < 4.78 is 0. The Hall–Kier alpha value is -0.610. The quantitative estimate of drug-likeness (QED) is 0.725. The molecular formula is C13H27N3O. The first kappa shape index (κ1) is 14.5. The Morgan fingerprint density at radius 2 is 1.94 bits per heavy atom. The number of nitrogens with zero attached hydrogens (tertiary/aromatic N) is 2. The minimum Gasteiger partial charge on any atom is -0.342 e. The summed E-state index contributed by atoms with van der Waals surface area (Å²) in [5, 5.41) is 0. The number of amides is 1. The van der Waals surface area contributed by atoms with Crippen LogP contribution in [-0.4, -0.2) is 55.0 Å². The molecule has 0 aliphatic carbocycles. The molecule has 0 saturated carbocycles. The van der Waals surface area contributed by atoms with Gasteiger partial charge in [-0.15, -0.1) is 0 Å². The molecular weight excluding hydrogens is 214 g/mol. The average molecular weight is 241 g/mol. The summed E-state index contributed by atoms with van der Waals surface area (Å²) in [5.41, 5.74) is 5.59. The molecule has 0 aromatic rings. The summed E-state index contributed by atoms with van der Waals surface area (Å²) in [6, 6.07) is 0. The van der Waals surface area contributed by atoms with E-state index >= 15 is 0 Å². The van der Waals surface area contributed by atoms with Crippen LogP contribution in [0.15, 0.2) is 0 Å². The predicted molar refractivity (Wildman–Crippen MR) is 70.8 cm³/mol. The highest BCUT2D eigenvalue weighted by Gasteiger charge is 2.18. The number of unbranched alkanes of at least 4 members (excludes halogenated alkanes) is 1. The summed E-state index contributed by atoms with van der Waals surface area (Å²) in [4.78, 5) is 16.3. The first-order chi connectivity index (χ1) is 8.27. The van der Waals surface area contributed by atoms with Gasteiger partial charge in [0.05, 0.1) is 6.54 Å². The number of rotatable bonds is 7. The van der Waals surface area contributed by atoms with E-state index in [1.54, 1.807) is 0 Å². The average Bonchev–Trinajstić information content (AvgIpc) is 2.37. The van der Waals surface area contributed by atoms with E-state index < -0.39 is 0 Å². The largest absolute Gasteiger partial charge is 0.342 e. The fourth-order valence-corrected chi connectivity index (χ4v) is 2.27. The molecule has 1 fully saturated rings. The molecule has 1 rings (SSSR count). The van der Waals surface area contributed by atoms with Crippen molar-refractivity contribution in [2.45, 2.75) is 39.0 Å². The molecule has 0 aromatic carbocycles. The van der Waals surface area contributed by atoms with Crippen molar-refractivity contribution in [3.05, 3.63) is 0 Å². The number of hydrogen-bond donors (Lipinski definition) is 1. The molecule has 0 bridgehead atoms. The second-order valence-electron chi connectivity index (χ2n) is 4.86. The van der Waals surface area contributed by atoms with Crippen LogP contribution in [0.3, 0.4) is 0 Å². The number of hydrogen-bond acceptors (Lipinski definition) is 3. The monoisotopic (exact) mass is 241 g/mol. The topological polar surface area (TPSA) is 49.6 Å². The lowest BCUT2D eigenvalue weighted by Crippen LogP contribution is -2.44. The van der Waals surface area contributed by atoms with Crippen LogP contribution in [0, 0.1) is 0 Å². The van der Waals surface area contributed by atoms with Crippen LogP contribution >= 0.6 is 0 Å². The van der Waals surface area contributed by atoms with Crippen molar-refractivity contribution in [3.63, 3.8) is 0 Å². The second-order valence-corrected chi connectivity index (χ2v) is 4.86. The van der Waals surface area contributed by atoms with E-state index in [2.05, 4.69) is 11.8 Å². The Kier molecular flexibility index (Phi) is 7.21. The molecule has 0 atom stereocenters. The summed E-state index contributed by atoms with van der Waals surface area (Å²) in [5.74, 6) is 0.286. The smallest absolute Gasteiger partial charge is 0.236 e. The highest BCUT2D eigenvalue weighted by Crippen LogP contribution is 2.09. The maximum absolute atomic E-state index is 12.1. The van der Waals surface area contributed by atoms with Gasteiger partial charge in [-0.1, -0.05) is 13.3 Å². The zero-order valence-electron chi connectivity index (χ0n) is 11.2. The van der Waals surface area contributed by atoms with Gasteiger partial charge in [0, 0.05) is 26.2 Å². The molecule has 0 aromatic heterocycles. The highest BCUT2D eigenvalue weighted by molar-refractivity contribution is 5.78. The van der Waals surface area contributed by atoms with Gasteiger partial charge < -0.3 is 10.6 Å². The summed E-state index contributed by atoms with van der Waals surface area (Å²) in [6.07, 6.45) is 5.91. The fourth-order valence-electron chi connectivity index (χ4n) is 2.27. The third kappa shape index (κ3) is 5.50. The number of nitrogens with two attached hydrogens (primary N) is 1. The maximum atomic E-state index is 12.1. The molecule has 1 saturated heterocycles. The molecule has 4 nitrogen and oxygen atoms in total. The van der Waals surface area contributed by atoms with E-state index in [4.69, 9.17) is 5.73 Å². The van der Waals surface area contributed by atoms with Gasteiger partial charge in [-0.25, -0.2) is 0 Å². The van der Waals surface area contributed by atoms with Gasteiger partial charge in [0.2, 0.25) is 5.91 Å². The van der Waals surface area contributed by atoms with Crippen molar-refractivity contribution >= 4 is 5.91 Å². The van der Waals surface area contributed by atoms with Crippen LogP contribution in [0.4, 0.5) is 0 Å². The van der Waals surface area contributed by atoms with E-state index in [1.165, 1.54) is 12.8 Å².